The summed E-state index contributed by atoms with van der Waals surface area (Å²) in [6, 6.07) is 9.88. The number of methoxy groups -OCH3 is 1. The van der Waals surface area contributed by atoms with Gasteiger partial charge >= 0.3 is 0 Å². The third-order valence-corrected chi connectivity index (χ3v) is 2.95. The average Bonchev–Trinajstić information content (AvgIpc) is 2.51. The van der Waals surface area contributed by atoms with Gasteiger partial charge in [0, 0.05) is 26.7 Å². The van der Waals surface area contributed by atoms with E-state index in [4.69, 9.17) is 10.5 Å². The van der Waals surface area contributed by atoms with Crippen molar-refractivity contribution in [2.24, 2.45) is 10.7 Å². The van der Waals surface area contributed by atoms with Crippen LogP contribution in [0.15, 0.2) is 35.3 Å². The summed E-state index contributed by atoms with van der Waals surface area (Å²) in [4.78, 5) is 17.9. The highest BCUT2D eigenvalue weighted by Crippen LogP contribution is 2.04. The van der Waals surface area contributed by atoms with Crippen LogP contribution < -0.4 is 11.1 Å². The monoisotopic (exact) mass is 420 g/mol. The summed E-state index contributed by atoms with van der Waals surface area (Å²) in [7, 11) is 1.61. The van der Waals surface area contributed by atoms with Crippen molar-refractivity contribution >= 4 is 35.8 Å². The van der Waals surface area contributed by atoms with Crippen molar-refractivity contribution in [1.82, 2.24) is 10.2 Å². The van der Waals surface area contributed by atoms with E-state index >= 15 is 0 Å². The van der Waals surface area contributed by atoms with Gasteiger partial charge in [-0.05, 0) is 12.5 Å². The number of halogens is 1. The Bertz CT molecular complexity index is 454. The van der Waals surface area contributed by atoms with Gasteiger partial charge in [0.15, 0.2) is 5.96 Å². The summed E-state index contributed by atoms with van der Waals surface area (Å²) >= 11 is 0. The van der Waals surface area contributed by atoms with Crippen LogP contribution in [0.4, 0.5) is 0 Å². The number of likely N-dealkylation sites (N-methyl/N-ethyl adjacent to an activating group) is 1. The van der Waals surface area contributed by atoms with Crippen LogP contribution in [0.2, 0.25) is 0 Å². The van der Waals surface area contributed by atoms with E-state index in [9.17, 15) is 4.79 Å². The summed E-state index contributed by atoms with van der Waals surface area (Å²) in [5.74, 6) is 0.217. The number of carbonyl (C=O) groups excluding carboxylic acids is 1. The normalized spacial score (nSPS) is 10.7. The number of rotatable bonds is 8. The number of nitrogens with zero attached hydrogens (tertiary/aromatic N) is 2. The highest BCUT2D eigenvalue weighted by Gasteiger charge is 2.11. The largest absolute Gasteiger partial charge is 0.383 e. The second-order valence-electron chi connectivity index (χ2n) is 4.51. The first-order valence-electron chi connectivity index (χ1n) is 7.01. The van der Waals surface area contributed by atoms with Crippen LogP contribution in [0.3, 0.4) is 0 Å². The number of hydrogen-bond donors (Lipinski definition) is 2. The van der Waals surface area contributed by atoms with Crippen LogP contribution in [0.25, 0.3) is 0 Å². The summed E-state index contributed by atoms with van der Waals surface area (Å²) in [6.45, 7) is 4.33. The smallest absolute Gasteiger partial charge is 0.244 e. The Kier molecular flexibility index (Phi) is 11.5. The van der Waals surface area contributed by atoms with Gasteiger partial charge in [-0.1, -0.05) is 30.3 Å². The number of carbonyl (C=O) groups is 1. The minimum Gasteiger partial charge on any atom is -0.383 e. The van der Waals surface area contributed by atoms with E-state index in [0.29, 0.717) is 26.2 Å². The van der Waals surface area contributed by atoms with Crippen LogP contribution in [-0.2, 0) is 16.1 Å². The summed E-state index contributed by atoms with van der Waals surface area (Å²) in [6.07, 6.45) is 0. The summed E-state index contributed by atoms with van der Waals surface area (Å²) < 4.78 is 4.89. The molecule has 124 valence electrons. The number of guanidine groups is 1. The van der Waals surface area contributed by atoms with E-state index in [1.807, 2.05) is 37.3 Å². The Morgan fingerprint density at radius 3 is 2.64 bits per heavy atom. The molecule has 0 aliphatic rings. The van der Waals surface area contributed by atoms with Gasteiger partial charge in [0.2, 0.25) is 5.91 Å². The molecule has 0 saturated carbocycles. The minimum atomic E-state index is -0.0437. The SMILES string of the molecule is CCN(Cc1ccccc1)C(=O)CN=C(N)NCCOC.I. The Morgan fingerprint density at radius 2 is 2.05 bits per heavy atom. The van der Waals surface area contributed by atoms with Crippen molar-refractivity contribution in [3.63, 3.8) is 0 Å². The van der Waals surface area contributed by atoms with E-state index in [1.54, 1.807) is 12.0 Å². The van der Waals surface area contributed by atoms with E-state index in [2.05, 4.69) is 10.3 Å². The summed E-state index contributed by atoms with van der Waals surface area (Å²) in [5.41, 5.74) is 6.77. The molecule has 7 heteroatoms. The molecule has 1 rings (SSSR count). The Morgan fingerprint density at radius 1 is 1.36 bits per heavy atom. The lowest BCUT2D eigenvalue weighted by Gasteiger charge is -2.20. The molecular weight excluding hydrogens is 395 g/mol. The highest BCUT2D eigenvalue weighted by molar-refractivity contribution is 14.0. The molecule has 0 spiro atoms. The molecule has 1 aromatic rings. The maximum absolute atomic E-state index is 12.1. The van der Waals surface area contributed by atoms with Crippen molar-refractivity contribution in [1.29, 1.82) is 0 Å². The highest BCUT2D eigenvalue weighted by atomic mass is 127. The molecule has 0 saturated heterocycles. The Labute approximate surface area is 149 Å². The second kappa shape index (κ2) is 12.2. The number of ether oxygens (including phenoxy) is 1. The zero-order valence-corrected chi connectivity index (χ0v) is 15.4. The van der Waals surface area contributed by atoms with Crippen LogP contribution >= 0.6 is 24.0 Å². The van der Waals surface area contributed by atoms with Gasteiger partial charge in [-0.3, -0.25) is 4.79 Å². The number of nitrogens with one attached hydrogen (secondary N) is 1. The molecule has 0 heterocycles. The molecule has 3 N–H and O–H groups in total. The molecule has 0 aliphatic heterocycles. The van der Waals surface area contributed by atoms with Gasteiger partial charge in [0.05, 0.1) is 6.61 Å². The fourth-order valence-electron chi connectivity index (χ4n) is 1.77. The lowest BCUT2D eigenvalue weighted by atomic mass is 10.2. The molecular formula is C15H25IN4O2. The molecule has 0 fully saturated rings. The minimum absolute atomic E-state index is 0. The van der Waals surface area contributed by atoms with Crippen molar-refractivity contribution in [2.75, 3.05) is 33.4 Å². The van der Waals surface area contributed by atoms with Gasteiger partial charge in [0.1, 0.15) is 6.54 Å². The zero-order valence-electron chi connectivity index (χ0n) is 13.1. The number of aliphatic imine (C=N–C) groups is 1. The first-order valence-corrected chi connectivity index (χ1v) is 7.01. The lowest BCUT2D eigenvalue weighted by molar-refractivity contribution is -0.130. The molecule has 0 aromatic heterocycles. The van der Waals surface area contributed by atoms with Crippen molar-refractivity contribution in [3.05, 3.63) is 35.9 Å². The van der Waals surface area contributed by atoms with Crippen LogP contribution in [-0.4, -0.2) is 50.1 Å². The second-order valence-corrected chi connectivity index (χ2v) is 4.51. The van der Waals surface area contributed by atoms with Gasteiger partial charge in [-0.25, -0.2) is 4.99 Å². The fraction of sp³-hybridized carbons (Fsp3) is 0.467. The van der Waals surface area contributed by atoms with Gasteiger partial charge < -0.3 is 20.7 Å². The van der Waals surface area contributed by atoms with E-state index in [-0.39, 0.29) is 42.4 Å². The summed E-state index contributed by atoms with van der Waals surface area (Å²) in [5, 5.41) is 2.88. The topological polar surface area (TPSA) is 80.0 Å². The van der Waals surface area contributed by atoms with Crippen molar-refractivity contribution < 1.29 is 9.53 Å². The van der Waals surface area contributed by atoms with Crippen LogP contribution in [0.1, 0.15) is 12.5 Å². The zero-order chi connectivity index (χ0) is 15.5. The van der Waals surface area contributed by atoms with Crippen molar-refractivity contribution in [3.8, 4) is 0 Å². The molecule has 0 aliphatic carbocycles. The molecule has 0 bridgehead atoms. The van der Waals surface area contributed by atoms with E-state index < -0.39 is 0 Å². The Hall–Kier alpha value is -1.35. The molecule has 6 nitrogen and oxygen atoms in total. The van der Waals surface area contributed by atoms with E-state index in [0.717, 1.165) is 5.56 Å². The fourth-order valence-corrected chi connectivity index (χ4v) is 1.77. The third-order valence-electron chi connectivity index (χ3n) is 2.95. The standard InChI is InChI=1S/C15H24N4O2.HI/c1-3-19(12-13-7-5-4-6-8-13)14(20)11-18-15(16)17-9-10-21-2;/h4-8H,3,9-12H2,1-2H3,(H3,16,17,18);1H. The first-order chi connectivity index (χ1) is 10.2. The number of benzene rings is 1. The molecule has 1 aromatic carbocycles. The molecule has 0 radical (unpaired) electrons. The maximum atomic E-state index is 12.1. The van der Waals surface area contributed by atoms with Crippen LogP contribution in [0, 0.1) is 0 Å². The van der Waals surface area contributed by atoms with E-state index in [1.165, 1.54) is 0 Å². The van der Waals surface area contributed by atoms with Gasteiger partial charge in [0.25, 0.3) is 0 Å². The maximum Gasteiger partial charge on any atom is 0.244 e. The number of nitrogens with two attached hydrogens (primary N) is 1. The lowest BCUT2D eigenvalue weighted by Crippen LogP contribution is -2.37. The first kappa shape index (κ1) is 20.6. The van der Waals surface area contributed by atoms with Crippen molar-refractivity contribution in [2.45, 2.75) is 13.5 Å². The van der Waals surface area contributed by atoms with Crippen LogP contribution in [0.5, 0.6) is 0 Å². The van der Waals surface area contributed by atoms with Gasteiger partial charge in [-0.15, -0.1) is 24.0 Å². The number of hydrogen-bond acceptors (Lipinski definition) is 3. The Balaban J connectivity index is 0.00000441. The number of amides is 1. The molecule has 22 heavy (non-hydrogen) atoms. The molecule has 1 amide bonds. The van der Waals surface area contributed by atoms with Gasteiger partial charge in [-0.2, -0.15) is 0 Å². The average molecular weight is 420 g/mol. The predicted octanol–water partition coefficient (Wildman–Crippen LogP) is 1.20. The molecule has 0 unspecified atom stereocenters. The molecule has 0 atom stereocenters. The predicted molar refractivity (Wildman–Crippen MR) is 99.3 cm³/mol. The quantitative estimate of drug-likeness (QED) is 0.287. The third kappa shape index (κ3) is 8.18.